The lowest BCUT2D eigenvalue weighted by atomic mass is 9.81. The van der Waals surface area contributed by atoms with Crippen LogP contribution in [-0.2, 0) is 27.2 Å². The van der Waals surface area contributed by atoms with Gasteiger partial charge in [-0.25, -0.2) is 9.79 Å². The molecule has 4 rings (SSSR count). The first-order valence-corrected chi connectivity index (χ1v) is 12.8. The third-order valence-electron chi connectivity index (χ3n) is 6.23. The van der Waals surface area contributed by atoms with Gasteiger partial charge in [0, 0.05) is 34.4 Å². The Bertz CT molecular complexity index is 1340. The maximum Gasteiger partial charge on any atom is 0.338 e. The van der Waals surface area contributed by atoms with Crippen LogP contribution >= 0.6 is 15.9 Å². The molecule has 10 heteroatoms. The Hall–Kier alpha value is -3.85. The van der Waals surface area contributed by atoms with Crippen molar-refractivity contribution in [3.05, 3.63) is 110 Å². The van der Waals surface area contributed by atoms with Crippen LogP contribution in [0.15, 0.2) is 87.4 Å². The topological polar surface area (TPSA) is 126 Å². The van der Waals surface area contributed by atoms with E-state index >= 15 is 0 Å². The van der Waals surface area contributed by atoms with Crippen LogP contribution in [-0.4, -0.2) is 42.8 Å². The number of methoxy groups -OCH3 is 1. The number of aliphatic imine (C=N–C) groups is 1. The highest BCUT2D eigenvalue weighted by molar-refractivity contribution is 9.10. The van der Waals surface area contributed by atoms with Gasteiger partial charge >= 0.3 is 5.97 Å². The number of esters is 1. The molecule has 2 atom stereocenters. The smallest absolute Gasteiger partial charge is 0.338 e. The van der Waals surface area contributed by atoms with Crippen molar-refractivity contribution < 1.29 is 24.1 Å². The zero-order valence-electron chi connectivity index (χ0n) is 20.8. The van der Waals surface area contributed by atoms with Crippen molar-refractivity contribution in [2.45, 2.75) is 31.0 Å². The number of hydrogen-bond donors (Lipinski definition) is 1. The summed E-state index contributed by atoms with van der Waals surface area (Å²) in [7, 11) is 1.33. The lowest BCUT2D eigenvalue weighted by Crippen LogP contribution is -2.44. The molecule has 196 valence electrons. The quantitative estimate of drug-likeness (QED) is 0.103. The molecule has 0 saturated carbocycles. The number of azide groups is 1. The molecule has 1 aliphatic heterocycles. The molecule has 3 aromatic carbocycles. The second kappa shape index (κ2) is 12.6. The summed E-state index contributed by atoms with van der Waals surface area (Å²) in [4.78, 5) is 21.3. The van der Waals surface area contributed by atoms with Gasteiger partial charge in [-0.2, -0.15) is 0 Å². The molecule has 0 aliphatic carbocycles. The van der Waals surface area contributed by atoms with Crippen LogP contribution in [0.3, 0.4) is 0 Å². The van der Waals surface area contributed by atoms with Gasteiger partial charge in [0.05, 0.1) is 20.3 Å². The average Bonchev–Trinajstić information content (AvgIpc) is 3.33. The second-order valence-electron chi connectivity index (χ2n) is 8.67. The number of halogens is 1. The molecule has 38 heavy (non-hydrogen) atoms. The van der Waals surface area contributed by atoms with Gasteiger partial charge in [-0.15, -0.1) is 0 Å². The number of ether oxygens (including phenoxy) is 3. The summed E-state index contributed by atoms with van der Waals surface area (Å²) < 4.78 is 18.3. The molecular weight excluding hydrogens is 552 g/mol. The highest BCUT2D eigenvalue weighted by Crippen LogP contribution is 2.43. The standard InChI is InChI=1S/C28H27BrN4O5/c1-36-27(35)28(17-21-5-2-3-6-22(21)18-31-33-30)25(19-7-11-23(29)12-8-19)38-26(32-28)20-9-13-24(14-10-20)37-16-4-15-34/h2-3,5-14,25,34H,4,15-18H2,1H3/t25-,28-/m1/s1. The highest BCUT2D eigenvalue weighted by atomic mass is 79.9. The largest absolute Gasteiger partial charge is 0.494 e. The van der Waals surface area contributed by atoms with E-state index in [0.29, 0.717) is 30.2 Å². The van der Waals surface area contributed by atoms with E-state index in [9.17, 15) is 4.79 Å². The van der Waals surface area contributed by atoms with Gasteiger partial charge in [0.2, 0.25) is 11.4 Å². The lowest BCUT2D eigenvalue weighted by Gasteiger charge is -2.30. The summed E-state index contributed by atoms with van der Waals surface area (Å²) in [5.74, 6) is 0.414. The molecule has 3 aromatic rings. The van der Waals surface area contributed by atoms with Gasteiger partial charge in [-0.05, 0) is 58.6 Å². The van der Waals surface area contributed by atoms with Crippen LogP contribution in [0.4, 0.5) is 0 Å². The van der Waals surface area contributed by atoms with Crippen LogP contribution in [0.1, 0.15) is 34.8 Å². The van der Waals surface area contributed by atoms with Crippen molar-refractivity contribution in [3.63, 3.8) is 0 Å². The Kier molecular flexibility index (Phi) is 9.02. The van der Waals surface area contributed by atoms with Gasteiger partial charge in [-0.3, -0.25) is 0 Å². The first-order valence-electron chi connectivity index (χ1n) is 12.0. The second-order valence-corrected chi connectivity index (χ2v) is 9.58. The van der Waals surface area contributed by atoms with E-state index in [1.165, 1.54) is 7.11 Å². The monoisotopic (exact) mass is 578 g/mol. The molecule has 0 bridgehead atoms. The van der Waals surface area contributed by atoms with E-state index in [2.05, 4.69) is 26.0 Å². The molecule has 9 nitrogen and oxygen atoms in total. The van der Waals surface area contributed by atoms with Crippen molar-refractivity contribution in [2.75, 3.05) is 20.3 Å². The van der Waals surface area contributed by atoms with Crippen LogP contribution in [0.25, 0.3) is 10.4 Å². The van der Waals surface area contributed by atoms with Gasteiger partial charge in [0.25, 0.3) is 0 Å². The summed E-state index contributed by atoms with van der Waals surface area (Å²) in [6.07, 6.45) is -0.0652. The average molecular weight is 579 g/mol. The Morgan fingerprint density at radius 1 is 1.13 bits per heavy atom. The molecule has 0 fully saturated rings. The van der Waals surface area contributed by atoms with E-state index in [1.54, 1.807) is 12.1 Å². The minimum Gasteiger partial charge on any atom is -0.494 e. The summed E-state index contributed by atoms with van der Waals surface area (Å²) >= 11 is 3.46. The van der Waals surface area contributed by atoms with Crippen LogP contribution in [0, 0.1) is 0 Å². The van der Waals surface area contributed by atoms with Crippen LogP contribution in [0.5, 0.6) is 5.75 Å². The molecule has 0 aromatic heterocycles. The fraction of sp³-hybridized carbons (Fsp3) is 0.286. The highest BCUT2D eigenvalue weighted by Gasteiger charge is 2.54. The first kappa shape index (κ1) is 27.2. The number of aliphatic hydroxyl groups excluding tert-OH is 1. The number of benzene rings is 3. The predicted octanol–water partition coefficient (Wildman–Crippen LogP) is 5.69. The minimum absolute atomic E-state index is 0.0573. The van der Waals surface area contributed by atoms with Crippen molar-refractivity contribution in [3.8, 4) is 5.75 Å². The normalized spacial score (nSPS) is 18.2. The van der Waals surface area contributed by atoms with E-state index in [1.807, 2.05) is 60.7 Å². The zero-order valence-corrected chi connectivity index (χ0v) is 22.4. The molecule has 1 N–H and O–H groups in total. The lowest BCUT2D eigenvalue weighted by molar-refractivity contribution is -0.149. The first-order chi connectivity index (χ1) is 18.5. The molecular formula is C28H27BrN4O5. The van der Waals surface area contributed by atoms with Crippen LogP contribution in [0.2, 0.25) is 0 Å². The van der Waals surface area contributed by atoms with Crippen molar-refractivity contribution in [1.82, 2.24) is 0 Å². The van der Waals surface area contributed by atoms with Crippen molar-refractivity contribution >= 4 is 27.8 Å². The minimum atomic E-state index is -1.43. The molecule has 0 radical (unpaired) electrons. The number of aliphatic hydroxyl groups is 1. The Balaban J connectivity index is 1.78. The summed E-state index contributed by atoms with van der Waals surface area (Å²) in [6, 6.07) is 22.2. The molecule has 0 amide bonds. The molecule has 1 aliphatic rings. The molecule has 0 unspecified atom stereocenters. The van der Waals surface area contributed by atoms with E-state index in [0.717, 1.165) is 21.2 Å². The summed E-state index contributed by atoms with van der Waals surface area (Å²) in [5.41, 5.74) is 10.4. The van der Waals surface area contributed by atoms with Crippen molar-refractivity contribution in [2.24, 2.45) is 10.1 Å². The van der Waals surface area contributed by atoms with E-state index in [4.69, 9.17) is 29.8 Å². The number of hydrogen-bond acceptors (Lipinski definition) is 7. The summed E-state index contributed by atoms with van der Waals surface area (Å²) in [6.45, 7) is 0.601. The SMILES string of the molecule is COC(=O)[C@]1(Cc2ccccc2CN=[N+]=[N-])N=C(c2ccc(OCCCO)cc2)O[C@@H]1c1ccc(Br)cc1. The third kappa shape index (κ3) is 5.99. The number of carbonyl (C=O) groups excluding carboxylic acids is 1. The van der Waals surface area contributed by atoms with Gasteiger partial charge < -0.3 is 19.3 Å². The number of rotatable bonds is 11. The Morgan fingerprint density at radius 2 is 1.84 bits per heavy atom. The van der Waals surface area contributed by atoms with E-state index < -0.39 is 17.6 Å². The maximum atomic E-state index is 13.6. The fourth-order valence-electron chi connectivity index (χ4n) is 4.35. The van der Waals surface area contributed by atoms with Crippen LogP contribution < -0.4 is 4.74 Å². The zero-order chi connectivity index (χ0) is 27.0. The van der Waals surface area contributed by atoms with Crippen molar-refractivity contribution in [1.29, 1.82) is 0 Å². The molecule has 1 heterocycles. The fourth-order valence-corrected chi connectivity index (χ4v) is 4.62. The number of nitrogens with zero attached hydrogens (tertiary/aromatic N) is 4. The maximum absolute atomic E-state index is 13.6. The Labute approximate surface area is 228 Å². The van der Waals surface area contributed by atoms with E-state index in [-0.39, 0.29) is 19.6 Å². The predicted molar refractivity (Wildman–Crippen MR) is 146 cm³/mol. The number of carbonyl (C=O) groups is 1. The Morgan fingerprint density at radius 3 is 2.50 bits per heavy atom. The molecule has 0 spiro atoms. The van der Waals surface area contributed by atoms with Gasteiger partial charge in [0.1, 0.15) is 5.75 Å². The molecule has 0 saturated heterocycles. The third-order valence-corrected chi connectivity index (χ3v) is 6.76. The van der Waals surface area contributed by atoms with Gasteiger partial charge in [-0.1, -0.05) is 57.4 Å². The summed E-state index contributed by atoms with van der Waals surface area (Å²) in [5, 5.41) is 12.7. The van der Waals surface area contributed by atoms with Gasteiger partial charge in [0.15, 0.2) is 6.10 Å².